The van der Waals surface area contributed by atoms with Gasteiger partial charge < -0.3 is 10.1 Å². The highest BCUT2D eigenvalue weighted by Crippen LogP contribution is 2.23. The van der Waals surface area contributed by atoms with Crippen molar-refractivity contribution in [2.75, 3.05) is 23.9 Å². The first-order valence-electron chi connectivity index (χ1n) is 7.54. The van der Waals surface area contributed by atoms with Gasteiger partial charge in [-0.3, -0.25) is 14.5 Å². The molecular weight excluding hydrogens is 346 g/mol. The molecule has 0 aliphatic rings. The summed E-state index contributed by atoms with van der Waals surface area (Å²) in [6.45, 7) is 0.449. The van der Waals surface area contributed by atoms with Crippen molar-refractivity contribution in [1.29, 1.82) is 0 Å². The Kier molecular flexibility index (Phi) is 6.00. The zero-order valence-electron chi connectivity index (χ0n) is 14.1. The third-order valence-electron chi connectivity index (χ3n) is 3.50. The predicted octanol–water partition coefficient (Wildman–Crippen LogP) is 2.74. The molecule has 0 unspecified atom stereocenters. The van der Waals surface area contributed by atoms with Gasteiger partial charge in [-0.25, -0.2) is 13.6 Å². The summed E-state index contributed by atoms with van der Waals surface area (Å²) >= 11 is 0. The molecule has 26 heavy (non-hydrogen) atoms. The van der Waals surface area contributed by atoms with Crippen molar-refractivity contribution in [1.82, 2.24) is 0 Å². The van der Waals surface area contributed by atoms with Crippen LogP contribution in [0.15, 0.2) is 42.5 Å². The van der Waals surface area contributed by atoms with E-state index in [4.69, 9.17) is 0 Å². The second kappa shape index (κ2) is 8.19. The Bertz CT molecular complexity index is 835. The summed E-state index contributed by atoms with van der Waals surface area (Å²) < 4.78 is 32.5. The van der Waals surface area contributed by atoms with E-state index in [0.29, 0.717) is 4.90 Å². The topological polar surface area (TPSA) is 75.7 Å². The molecule has 2 rings (SSSR count). The van der Waals surface area contributed by atoms with Gasteiger partial charge in [-0.05, 0) is 24.3 Å². The van der Waals surface area contributed by atoms with Crippen molar-refractivity contribution in [3.63, 3.8) is 0 Å². The van der Waals surface area contributed by atoms with E-state index in [1.165, 1.54) is 19.2 Å². The maximum Gasteiger partial charge on any atom is 0.339 e. The molecule has 136 valence electrons. The standard InChI is InChI=1S/C18H16F2N2O4/c1-11(23)22(17-13(19)7-5-8-14(17)20)10-16(24)21-15-9-4-3-6-12(15)18(25)26-2/h3-9H,10H2,1-2H3,(H,21,24). The third-order valence-corrected chi connectivity index (χ3v) is 3.50. The summed E-state index contributed by atoms with van der Waals surface area (Å²) in [7, 11) is 1.19. The Morgan fingerprint density at radius 1 is 1.04 bits per heavy atom. The fourth-order valence-electron chi connectivity index (χ4n) is 2.31. The van der Waals surface area contributed by atoms with Gasteiger partial charge in [-0.2, -0.15) is 0 Å². The Hall–Kier alpha value is -3.29. The molecular formula is C18H16F2N2O4. The zero-order valence-corrected chi connectivity index (χ0v) is 14.1. The van der Waals surface area contributed by atoms with Crippen molar-refractivity contribution in [2.24, 2.45) is 0 Å². The van der Waals surface area contributed by atoms with Crippen LogP contribution in [0, 0.1) is 11.6 Å². The summed E-state index contributed by atoms with van der Waals surface area (Å²) in [5.74, 6) is -4.06. The van der Waals surface area contributed by atoms with E-state index in [0.717, 1.165) is 25.1 Å². The van der Waals surface area contributed by atoms with Crippen LogP contribution >= 0.6 is 0 Å². The van der Waals surface area contributed by atoms with Crippen LogP contribution in [-0.2, 0) is 14.3 Å². The van der Waals surface area contributed by atoms with Gasteiger partial charge in [0.1, 0.15) is 23.9 Å². The van der Waals surface area contributed by atoms with Gasteiger partial charge in [-0.15, -0.1) is 0 Å². The summed E-state index contributed by atoms with van der Waals surface area (Å²) in [4.78, 5) is 36.5. The molecule has 0 spiro atoms. The monoisotopic (exact) mass is 362 g/mol. The van der Waals surface area contributed by atoms with E-state index in [1.807, 2.05) is 0 Å². The summed E-state index contributed by atoms with van der Waals surface area (Å²) in [5.41, 5.74) is -0.354. The molecule has 0 aliphatic heterocycles. The molecule has 6 nitrogen and oxygen atoms in total. The van der Waals surface area contributed by atoms with Crippen molar-refractivity contribution < 1.29 is 27.9 Å². The molecule has 2 amide bonds. The minimum absolute atomic E-state index is 0.106. The summed E-state index contributed by atoms with van der Waals surface area (Å²) in [6, 6.07) is 9.20. The Morgan fingerprint density at radius 2 is 1.65 bits per heavy atom. The number of hydrogen-bond donors (Lipinski definition) is 1. The number of nitrogens with one attached hydrogen (secondary N) is 1. The lowest BCUT2D eigenvalue weighted by atomic mass is 10.1. The van der Waals surface area contributed by atoms with Gasteiger partial charge in [0.25, 0.3) is 0 Å². The molecule has 0 atom stereocenters. The van der Waals surface area contributed by atoms with E-state index >= 15 is 0 Å². The van der Waals surface area contributed by atoms with Gasteiger partial charge >= 0.3 is 5.97 Å². The van der Waals surface area contributed by atoms with Crippen LogP contribution < -0.4 is 10.2 Å². The third kappa shape index (κ3) is 4.21. The van der Waals surface area contributed by atoms with E-state index in [2.05, 4.69) is 10.1 Å². The number of methoxy groups -OCH3 is 1. The number of halogens is 2. The largest absolute Gasteiger partial charge is 0.465 e. The predicted molar refractivity (Wildman–Crippen MR) is 90.8 cm³/mol. The van der Waals surface area contributed by atoms with Gasteiger partial charge in [0.05, 0.1) is 18.4 Å². The molecule has 0 aliphatic carbocycles. The quantitative estimate of drug-likeness (QED) is 0.830. The molecule has 2 aromatic rings. The van der Waals surface area contributed by atoms with Gasteiger partial charge in [0.2, 0.25) is 11.8 Å². The van der Waals surface area contributed by atoms with Crippen LogP contribution in [0.4, 0.5) is 20.2 Å². The lowest BCUT2D eigenvalue weighted by Crippen LogP contribution is -2.38. The van der Waals surface area contributed by atoms with Crippen LogP contribution in [0.1, 0.15) is 17.3 Å². The van der Waals surface area contributed by atoms with Crippen molar-refractivity contribution in [3.8, 4) is 0 Å². The molecule has 0 heterocycles. The molecule has 8 heteroatoms. The number of carbonyl (C=O) groups is 3. The summed E-state index contributed by atoms with van der Waals surface area (Å²) in [6.07, 6.45) is 0. The van der Waals surface area contributed by atoms with Crippen LogP contribution in [0.3, 0.4) is 0 Å². The molecule has 0 saturated carbocycles. The van der Waals surface area contributed by atoms with Crippen LogP contribution in [0.5, 0.6) is 0 Å². The number of rotatable bonds is 5. The smallest absolute Gasteiger partial charge is 0.339 e. The minimum Gasteiger partial charge on any atom is -0.465 e. The fourth-order valence-corrected chi connectivity index (χ4v) is 2.31. The van der Waals surface area contributed by atoms with Crippen LogP contribution in [0.2, 0.25) is 0 Å². The maximum absolute atomic E-state index is 13.9. The van der Waals surface area contributed by atoms with Crippen molar-refractivity contribution in [3.05, 3.63) is 59.7 Å². The summed E-state index contributed by atoms with van der Waals surface area (Å²) in [5, 5.41) is 2.44. The molecule has 0 fully saturated rings. The van der Waals surface area contributed by atoms with E-state index in [-0.39, 0.29) is 11.3 Å². The number of benzene rings is 2. The zero-order chi connectivity index (χ0) is 19.3. The molecule has 2 aromatic carbocycles. The van der Waals surface area contributed by atoms with E-state index in [1.54, 1.807) is 12.1 Å². The van der Waals surface area contributed by atoms with E-state index in [9.17, 15) is 23.2 Å². The minimum atomic E-state index is -0.969. The molecule has 0 aromatic heterocycles. The Labute approximate surface area is 148 Å². The number of hydrogen-bond acceptors (Lipinski definition) is 4. The maximum atomic E-state index is 13.9. The van der Waals surface area contributed by atoms with Gasteiger partial charge in [0, 0.05) is 6.92 Å². The number of amides is 2. The second-order valence-electron chi connectivity index (χ2n) is 5.26. The van der Waals surface area contributed by atoms with Gasteiger partial charge in [-0.1, -0.05) is 18.2 Å². The highest BCUT2D eigenvalue weighted by atomic mass is 19.1. The number of carbonyl (C=O) groups excluding carboxylic acids is 3. The van der Waals surface area contributed by atoms with Crippen LogP contribution in [-0.4, -0.2) is 31.4 Å². The normalized spacial score (nSPS) is 10.2. The van der Waals surface area contributed by atoms with Gasteiger partial charge in [0.15, 0.2) is 0 Å². The molecule has 1 N–H and O–H groups in total. The first kappa shape index (κ1) is 19.0. The molecule has 0 radical (unpaired) electrons. The highest BCUT2D eigenvalue weighted by molar-refractivity contribution is 6.05. The number of anilines is 2. The molecule has 0 bridgehead atoms. The van der Waals surface area contributed by atoms with Crippen molar-refractivity contribution >= 4 is 29.2 Å². The lowest BCUT2D eigenvalue weighted by molar-refractivity contribution is -0.120. The Balaban J connectivity index is 2.25. The second-order valence-corrected chi connectivity index (χ2v) is 5.26. The number of ether oxygens (including phenoxy) is 1. The highest BCUT2D eigenvalue weighted by Gasteiger charge is 2.23. The molecule has 0 saturated heterocycles. The number of nitrogens with zero attached hydrogens (tertiary/aromatic N) is 1. The first-order chi connectivity index (χ1) is 12.3. The fraction of sp³-hybridized carbons (Fsp3) is 0.167. The number of para-hydroxylation sites is 2. The SMILES string of the molecule is COC(=O)c1ccccc1NC(=O)CN(C(C)=O)c1c(F)cccc1F. The number of esters is 1. The average Bonchev–Trinajstić information content (AvgIpc) is 2.60. The first-order valence-corrected chi connectivity index (χ1v) is 7.54. The van der Waals surface area contributed by atoms with Crippen molar-refractivity contribution in [2.45, 2.75) is 6.92 Å². The lowest BCUT2D eigenvalue weighted by Gasteiger charge is -2.22. The van der Waals surface area contributed by atoms with E-state index < -0.39 is 41.7 Å². The van der Waals surface area contributed by atoms with Crippen LogP contribution in [0.25, 0.3) is 0 Å². The average molecular weight is 362 g/mol. The Morgan fingerprint density at radius 3 is 2.23 bits per heavy atom.